The molecule has 1 amide bonds. The molecule has 0 aliphatic carbocycles. The third-order valence-electron chi connectivity index (χ3n) is 1.51. The van der Waals surface area contributed by atoms with E-state index in [2.05, 4.69) is 5.32 Å². The van der Waals surface area contributed by atoms with E-state index in [1.54, 1.807) is 6.07 Å². The number of nitrogens with one attached hydrogen (secondary N) is 1. The Hall–Kier alpha value is -1.29. The monoisotopic (exact) mass is 168 g/mol. The van der Waals surface area contributed by atoms with E-state index in [1.165, 1.54) is 12.5 Å². The molecule has 0 radical (unpaired) electrons. The average Bonchev–Trinajstić information content (AvgIpc) is 2.56. The van der Waals surface area contributed by atoms with Crippen molar-refractivity contribution in [1.29, 1.82) is 0 Å². The summed E-state index contributed by atoms with van der Waals surface area (Å²) in [6.07, 6.45) is 2.86. The second-order valence-electron chi connectivity index (χ2n) is 2.62. The van der Waals surface area contributed by atoms with Gasteiger partial charge in [-0.05, 0) is 13.0 Å². The van der Waals surface area contributed by atoms with Crippen LogP contribution in [0.4, 0.5) is 0 Å². The molecule has 3 N–H and O–H groups in total. The lowest BCUT2D eigenvalue weighted by atomic mass is 10.3. The maximum absolute atomic E-state index is 11.2. The number of furan rings is 1. The van der Waals surface area contributed by atoms with Gasteiger partial charge < -0.3 is 15.5 Å². The molecule has 0 saturated carbocycles. The number of amides is 1. The minimum atomic E-state index is -0.151. The van der Waals surface area contributed by atoms with E-state index in [9.17, 15) is 4.79 Å². The maximum atomic E-state index is 11.2. The van der Waals surface area contributed by atoms with Gasteiger partial charge in [-0.3, -0.25) is 4.79 Å². The van der Waals surface area contributed by atoms with E-state index in [4.69, 9.17) is 10.2 Å². The second-order valence-corrected chi connectivity index (χ2v) is 2.62. The summed E-state index contributed by atoms with van der Waals surface area (Å²) in [5, 5.41) is 2.71. The normalized spacial score (nSPS) is 12.5. The Kier molecular flexibility index (Phi) is 2.88. The molecule has 1 unspecified atom stereocenters. The first kappa shape index (κ1) is 8.80. The first-order chi connectivity index (χ1) is 5.74. The molecule has 0 saturated heterocycles. The Balaban J connectivity index is 2.50. The van der Waals surface area contributed by atoms with Crippen LogP contribution in [0.3, 0.4) is 0 Å². The van der Waals surface area contributed by atoms with Crippen molar-refractivity contribution in [2.75, 3.05) is 6.54 Å². The molecule has 1 aromatic heterocycles. The van der Waals surface area contributed by atoms with Gasteiger partial charge in [-0.25, -0.2) is 0 Å². The summed E-state index contributed by atoms with van der Waals surface area (Å²) in [5.41, 5.74) is 5.86. The lowest BCUT2D eigenvalue weighted by molar-refractivity contribution is 0.0940. The lowest BCUT2D eigenvalue weighted by Gasteiger charge is -2.09. The van der Waals surface area contributed by atoms with Gasteiger partial charge in [0.1, 0.15) is 6.26 Å². The molecular formula is C8H12N2O2. The molecule has 4 nitrogen and oxygen atoms in total. The topological polar surface area (TPSA) is 68.3 Å². The van der Waals surface area contributed by atoms with Crippen LogP contribution in [0.25, 0.3) is 0 Å². The fraction of sp³-hybridized carbons (Fsp3) is 0.375. The van der Waals surface area contributed by atoms with Crippen LogP contribution >= 0.6 is 0 Å². The van der Waals surface area contributed by atoms with Crippen LogP contribution in [0.1, 0.15) is 17.3 Å². The fourth-order valence-corrected chi connectivity index (χ4v) is 0.760. The van der Waals surface area contributed by atoms with Crippen molar-refractivity contribution in [2.24, 2.45) is 5.73 Å². The van der Waals surface area contributed by atoms with Gasteiger partial charge in [-0.15, -0.1) is 0 Å². The van der Waals surface area contributed by atoms with Crippen LogP contribution < -0.4 is 11.1 Å². The Morgan fingerprint density at radius 3 is 3.08 bits per heavy atom. The molecule has 1 heterocycles. The summed E-state index contributed by atoms with van der Waals surface area (Å²) in [7, 11) is 0. The summed E-state index contributed by atoms with van der Waals surface area (Å²) in [6.45, 7) is 2.28. The van der Waals surface area contributed by atoms with Gasteiger partial charge in [-0.2, -0.15) is 0 Å². The first-order valence-corrected chi connectivity index (χ1v) is 3.77. The number of carbonyl (C=O) groups is 1. The fourth-order valence-electron chi connectivity index (χ4n) is 0.760. The average molecular weight is 168 g/mol. The van der Waals surface area contributed by atoms with Crippen LogP contribution in [0, 0.1) is 0 Å². The Morgan fingerprint density at radius 1 is 1.83 bits per heavy atom. The third-order valence-corrected chi connectivity index (χ3v) is 1.51. The predicted octanol–water partition coefficient (Wildman–Crippen LogP) is 0.357. The SMILES string of the molecule is CC(CN)NC(=O)c1ccoc1. The van der Waals surface area contributed by atoms with Crippen molar-refractivity contribution in [2.45, 2.75) is 13.0 Å². The minimum Gasteiger partial charge on any atom is -0.472 e. The summed E-state index contributed by atoms with van der Waals surface area (Å²) >= 11 is 0. The van der Waals surface area contributed by atoms with Crippen molar-refractivity contribution in [3.63, 3.8) is 0 Å². The van der Waals surface area contributed by atoms with Crippen LogP contribution in [0.5, 0.6) is 0 Å². The highest BCUT2D eigenvalue weighted by molar-refractivity contribution is 5.93. The standard InChI is InChI=1S/C8H12N2O2/c1-6(4-9)10-8(11)7-2-3-12-5-7/h2-3,5-6H,4,9H2,1H3,(H,10,11). The molecule has 0 bridgehead atoms. The molecule has 0 aliphatic heterocycles. The zero-order valence-electron chi connectivity index (χ0n) is 6.91. The number of nitrogens with two attached hydrogens (primary N) is 1. The van der Waals surface area contributed by atoms with Crippen molar-refractivity contribution in [3.05, 3.63) is 24.2 Å². The number of hydrogen-bond donors (Lipinski definition) is 2. The van der Waals surface area contributed by atoms with Crippen LogP contribution in [0.15, 0.2) is 23.0 Å². The van der Waals surface area contributed by atoms with Gasteiger partial charge >= 0.3 is 0 Å². The van der Waals surface area contributed by atoms with Gasteiger partial charge in [0.2, 0.25) is 0 Å². The summed E-state index contributed by atoms with van der Waals surface area (Å²) < 4.78 is 4.76. The van der Waals surface area contributed by atoms with E-state index < -0.39 is 0 Å². The van der Waals surface area contributed by atoms with Gasteiger partial charge in [-0.1, -0.05) is 0 Å². The zero-order valence-corrected chi connectivity index (χ0v) is 6.91. The molecule has 0 spiro atoms. The van der Waals surface area contributed by atoms with E-state index in [0.717, 1.165) is 0 Å². The zero-order chi connectivity index (χ0) is 8.97. The molecule has 1 atom stereocenters. The van der Waals surface area contributed by atoms with E-state index >= 15 is 0 Å². The highest BCUT2D eigenvalue weighted by Crippen LogP contribution is 1.99. The van der Waals surface area contributed by atoms with E-state index in [1.807, 2.05) is 6.92 Å². The largest absolute Gasteiger partial charge is 0.472 e. The number of hydrogen-bond acceptors (Lipinski definition) is 3. The molecule has 4 heteroatoms. The summed E-state index contributed by atoms with van der Waals surface area (Å²) in [6, 6.07) is 1.60. The van der Waals surface area contributed by atoms with Gasteiger partial charge in [0.05, 0.1) is 11.8 Å². The third kappa shape index (κ3) is 2.10. The molecule has 0 aliphatic rings. The van der Waals surface area contributed by atoms with Gasteiger partial charge in [0, 0.05) is 12.6 Å². The van der Waals surface area contributed by atoms with Gasteiger partial charge in [0.15, 0.2) is 0 Å². The number of rotatable bonds is 3. The molecule has 0 aromatic carbocycles. The molecule has 1 aromatic rings. The van der Waals surface area contributed by atoms with Crippen LogP contribution in [-0.4, -0.2) is 18.5 Å². The first-order valence-electron chi connectivity index (χ1n) is 3.77. The highest BCUT2D eigenvalue weighted by Gasteiger charge is 2.08. The maximum Gasteiger partial charge on any atom is 0.254 e. The predicted molar refractivity (Wildman–Crippen MR) is 44.7 cm³/mol. The van der Waals surface area contributed by atoms with E-state index in [-0.39, 0.29) is 11.9 Å². The second kappa shape index (κ2) is 3.92. The quantitative estimate of drug-likeness (QED) is 0.684. The van der Waals surface area contributed by atoms with E-state index in [0.29, 0.717) is 12.1 Å². The minimum absolute atomic E-state index is 0.00704. The van der Waals surface area contributed by atoms with Crippen LogP contribution in [0.2, 0.25) is 0 Å². The smallest absolute Gasteiger partial charge is 0.254 e. The van der Waals surface area contributed by atoms with Crippen molar-refractivity contribution in [3.8, 4) is 0 Å². The number of carbonyl (C=O) groups excluding carboxylic acids is 1. The Morgan fingerprint density at radius 2 is 2.58 bits per heavy atom. The van der Waals surface area contributed by atoms with Gasteiger partial charge in [0.25, 0.3) is 5.91 Å². The van der Waals surface area contributed by atoms with Crippen LogP contribution in [-0.2, 0) is 0 Å². The lowest BCUT2D eigenvalue weighted by Crippen LogP contribution is -2.37. The Bertz CT molecular complexity index is 244. The summed E-state index contributed by atoms with van der Waals surface area (Å²) in [5.74, 6) is -0.151. The Labute approximate surface area is 70.7 Å². The molecule has 0 fully saturated rings. The molecule has 12 heavy (non-hydrogen) atoms. The van der Waals surface area contributed by atoms with Crippen molar-refractivity contribution in [1.82, 2.24) is 5.32 Å². The molecule has 1 rings (SSSR count). The van der Waals surface area contributed by atoms with Crippen molar-refractivity contribution >= 4 is 5.91 Å². The molecular weight excluding hydrogens is 156 g/mol. The highest BCUT2D eigenvalue weighted by atomic mass is 16.3. The molecule has 66 valence electrons. The van der Waals surface area contributed by atoms with Crippen molar-refractivity contribution < 1.29 is 9.21 Å². The summed E-state index contributed by atoms with van der Waals surface area (Å²) in [4.78, 5) is 11.2.